The van der Waals surface area contributed by atoms with Crippen molar-refractivity contribution >= 4 is 28.2 Å². The SMILES string of the molecule is O=c1[nH]c2c([nH]c3ccccc32)c(=O)n1N=Cc1ccccc1F. The molecule has 0 unspecified atom stereocenters. The first-order chi connectivity index (χ1) is 11.6. The van der Waals surface area contributed by atoms with Gasteiger partial charge >= 0.3 is 11.2 Å². The molecule has 0 spiro atoms. The van der Waals surface area contributed by atoms with Gasteiger partial charge in [0.25, 0.3) is 0 Å². The summed E-state index contributed by atoms with van der Waals surface area (Å²) in [6, 6.07) is 13.2. The molecule has 2 aromatic heterocycles. The Morgan fingerprint density at radius 2 is 1.71 bits per heavy atom. The number of H-pyrrole nitrogens is 2. The van der Waals surface area contributed by atoms with Crippen molar-refractivity contribution in [2.45, 2.75) is 0 Å². The Morgan fingerprint density at radius 1 is 0.958 bits per heavy atom. The minimum Gasteiger partial charge on any atom is -0.349 e. The van der Waals surface area contributed by atoms with Gasteiger partial charge in [0.1, 0.15) is 11.3 Å². The molecular weight excluding hydrogens is 311 g/mol. The van der Waals surface area contributed by atoms with Crippen molar-refractivity contribution in [1.29, 1.82) is 0 Å². The molecule has 0 saturated carbocycles. The van der Waals surface area contributed by atoms with Crippen LogP contribution in [0.5, 0.6) is 0 Å². The highest BCUT2D eigenvalue weighted by Gasteiger charge is 2.12. The number of hydrogen-bond donors (Lipinski definition) is 2. The van der Waals surface area contributed by atoms with E-state index in [4.69, 9.17) is 0 Å². The van der Waals surface area contributed by atoms with Gasteiger partial charge in [-0.1, -0.05) is 36.4 Å². The maximum Gasteiger partial charge on any atom is 0.350 e. The van der Waals surface area contributed by atoms with Crippen molar-refractivity contribution in [3.63, 3.8) is 0 Å². The van der Waals surface area contributed by atoms with Crippen molar-refractivity contribution in [2.24, 2.45) is 5.10 Å². The third kappa shape index (κ3) is 2.14. The van der Waals surface area contributed by atoms with Gasteiger partial charge in [0.15, 0.2) is 0 Å². The van der Waals surface area contributed by atoms with Gasteiger partial charge < -0.3 is 9.97 Å². The first-order valence-electron chi connectivity index (χ1n) is 7.20. The molecule has 0 radical (unpaired) electrons. The lowest BCUT2D eigenvalue weighted by atomic mass is 10.2. The van der Waals surface area contributed by atoms with E-state index in [0.717, 1.165) is 17.1 Å². The van der Waals surface area contributed by atoms with Crippen LogP contribution in [0.4, 0.5) is 4.39 Å². The first kappa shape index (κ1) is 14.1. The number of aromatic amines is 2. The van der Waals surface area contributed by atoms with E-state index in [1.54, 1.807) is 24.3 Å². The van der Waals surface area contributed by atoms with Crippen molar-refractivity contribution in [3.05, 3.63) is 80.7 Å². The number of halogens is 1. The van der Waals surface area contributed by atoms with Gasteiger partial charge in [0.2, 0.25) is 0 Å². The van der Waals surface area contributed by atoms with Crippen LogP contribution in [-0.4, -0.2) is 20.9 Å². The summed E-state index contributed by atoms with van der Waals surface area (Å²) in [6.07, 6.45) is 1.14. The number of benzene rings is 2. The average molecular weight is 322 g/mol. The normalized spacial score (nSPS) is 11.7. The van der Waals surface area contributed by atoms with E-state index in [1.807, 2.05) is 12.1 Å². The monoisotopic (exact) mass is 322 g/mol. The molecule has 0 bridgehead atoms. The van der Waals surface area contributed by atoms with Crippen LogP contribution >= 0.6 is 0 Å². The van der Waals surface area contributed by atoms with Crippen LogP contribution in [0.1, 0.15) is 5.56 Å². The van der Waals surface area contributed by atoms with Gasteiger partial charge in [-0.05, 0) is 12.1 Å². The topological polar surface area (TPSA) is 83.0 Å². The number of fused-ring (bicyclic) bond motifs is 3. The smallest absolute Gasteiger partial charge is 0.349 e. The van der Waals surface area contributed by atoms with Crippen molar-refractivity contribution in [3.8, 4) is 0 Å². The highest BCUT2D eigenvalue weighted by atomic mass is 19.1. The van der Waals surface area contributed by atoms with Gasteiger partial charge in [-0.3, -0.25) is 4.79 Å². The van der Waals surface area contributed by atoms with Crippen molar-refractivity contribution in [2.75, 3.05) is 0 Å². The highest BCUT2D eigenvalue weighted by molar-refractivity contribution is 6.04. The molecule has 4 rings (SSSR count). The summed E-state index contributed by atoms with van der Waals surface area (Å²) in [4.78, 5) is 30.3. The molecule has 2 aromatic carbocycles. The van der Waals surface area contributed by atoms with Gasteiger partial charge in [-0.25, -0.2) is 9.18 Å². The summed E-state index contributed by atoms with van der Waals surface area (Å²) < 4.78 is 14.3. The first-order valence-corrected chi connectivity index (χ1v) is 7.20. The lowest BCUT2D eigenvalue weighted by Gasteiger charge is -1.98. The molecule has 6 nitrogen and oxygen atoms in total. The lowest BCUT2D eigenvalue weighted by molar-refractivity contribution is 0.625. The van der Waals surface area contributed by atoms with Gasteiger partial charge in [0, 0.05) is 16.5 Å². The Morgan fingerprint density at radius 3 is 2.54 bits per heavy atom. The lowest BCUT2D eigenvalue weighted by Crippen LogP contribution is -2.32. The zero-order valence-corrected chi connectivity index (χ0v) is 12.3. The molecule has 0 saturated heterocycles. The fourth-order valence-corrected chi connectivity index (χ4v) is 2.59. The second kappa shape index (κ2) is 5.31. The molecule has 0 amide bonds. The van der Waals surface area contributed by atoms with Crippen LogP contribution < -0.4 is 11.2 Å². The summed E-state index contributed by atoms with van der Waals surface area (Å²) in [5.74, 6) is -0.489. The number of para-hydroxylation sites is 1. The van der Waals surface area contributed by atoms with Gasteiger partial charge in [-0.15, -0.1) is 4.68 Å². The maximum atomic E-state index is 13.6. The molecule has 0 atom stereocenters. The van der Waals surface area contributed by atoms with E-state index < -0.39 is 17.1 Å². The van der Waals surface area contributed by atoms with Crippen molar-refractivity contribution < 1.29 is 4.39 Å². The highest BCUT2D eigenvalue weighted by Crippen LogP contribution is 2.19. The quantitative estimate of drug-likeness (QED) is 0.555. The molecular formula is C17H11FN4O2. The predicted octanol–water partition coefficient (Wildman–Crippen LogP) is 2.19. The number of hydrogen-bond acceptors (Lipinski definition) is 3. The molecule has 0 aliphatic heterocycles. The Bertz CT molecular complexity index is 1220. The zero-order chi connectivity index (χ0) is 16.7. The van der Waals surface area contributed by atoms with E-state index in [2.05, 4.69) is 15.1 Å². The summed E-state index contributed by atoms with van der Waals surface area (Å²) in [5, 5.41) is 4.57. The number of nitrogens with one attached hydrogen (secondary N) is 2. The van der Waals surface area contributed by atoms with E-state index in [1.165, 1.54) is 12.1 Å². The fourth-order valence-electron chi connectivity index (χ4n) is 2.59. The van der Waals surface area contributed by atoms with Crippen LogP contribution in [0.15, 0.2) is 63.2 Å². The second-order valence-corrected chi connectivity index (χ2v) is 5.23. The third-order valence-electron chi connectivity index (χ3n) is 3.75. The summed E-state index contributed by atoms with van der Waals surface area (Å²) in [7, 11) is 0. The van der Waals surface area contributed by atoms with Crippen LogP contribution in [0.25, 0.3) is 21.9 Å². The summed E-state index contributed by atoms with van der Waals surface area (Å²) in [6.45, 7) is 0. The Kier molecular flexibility index (Phi) is 3.13. The minimum absolute atomic E-state index is 0.181. The van der Waals surface area contributed by atoms with E-state index in [-0.39, 0.29) is 11.1 Å². The Labute approximate surface area is 133 Å². The predicted molar refractivity (Wildman–Crippen MR) is 90.1 cm³/mol. The number of aromatic nitrogens is 3. The fraction of sp³-hybridized carbons (Fsp3) is 0. The molecule has 4 aromatic rings. The molecule has 118 valence electrons. The minimum atomic E-state index is -0.690. The van der Waals surface area contributed by atoms with Gasteiger partial charge in [0.05, 0.1) is 11.7 Å². The summed E-state index contributed by atoms with van der Waals surface area (Å²) >= 11 is 0. The molecule has 0 aliphatic carbocycles. The van der Waals surface area contributed by atoms with Crippen LogP contribution in [0, 0.1) is 5.82 Å². The maximum absolute atomic E-state index is 13.6. The molecule has 24 heavy (non-hydrogen) atoms. The molecule has 2 N–H and O–H groups in total. The molecule has 0 aliphatic rings. The average Bonchev–Trinajstić information content (AvgIpc) is 2.95. The molecule has 0 fully saturated rings. The van der Waals surface area contributed by atoms with Crippen LogP contribution in [-0.2, 0) is 0 Å². The van der Waals surface area contributed by atoms with Crippen molar-refractivity contribution in [1.82, 2.24) is 14.6 Å². The zero-order valence-electron chi connectivity index (χ0n) is 12.3. The van der Waals surface area contributed by atoms with E-state index in [0.29, 0.717) is 10.2 Å². The van der Waals surface area contributed by atoms with Gasteiger partial charge in [-0.2, -0.15) is 5.10 Å². The number of nitrogens with zero attached hydrogens (tertiary/aromatic N) is 2. The van der Waals surface area contributed by atoms with E-state index >= 15 is 0 Å². The van der Waals surface area contributed by atoms with Crippen LogP contribution in [0.3, 0.4) is 0 Å². The number of rotatable bonds is 2. The standard InChI is InChI=1S/C17H11FN4O2/c18-12-7-3-1-5-10(12)9-19-22-16(23)15-14(21-17(22)24)11-6-2-4-8-13(11)20-15/h1-9,20H,(H,21,24). The second-order valence-electron chi connectivity index (χ2n) is 5.23. The van der Waals surface area contributed by atoms with Crippen LogP contribution in [0.2, 0.25) is 0 Å². The molecule has 2 heterocycles. The third-order valence-corrected chi connectivity index (χ3v) is 3.75. The van der Waals surface area contributed by atoms with E-state index in [9.17, 15) is 14.0 Å². The Hall–Kier alpha value is -3.48. The molecule has 7 heteroatoms. The summed E-state index contributed by atoms with van der Waals surface area (Å²) in [5.41, 5.74) is 0.290. The Balaban J connectivity index is 1.94. The largest absolute Gasteiger partial charge is 0.350 e.